The molecule has 2 rings (SSSR count). The minimum absolute atomic E-state index is 0.0247. The molecule has 1 aliphatic carbocycles. The van der Waals surface area contributed by atoms with Gasteiger partial charge in [0.15, 0.2) is 5.76 Å². The Morgan fingerprint density at radius 2 is 1.92 bits per heavy atom. The Balaban J connectivity index is 1.94. The summed E-state index contributed by atoms with van der Waals surface area (Å²) in [5.41, 5.74) is -0.915. The van der Waals surface area contributed by atoms with Gasteiger partial charge in [0.1, 0.15) is 5.76 Å². The Bertz CT molecular complexity index is 703. The summed E-state index contributed by atoms with van der Waals surface area (Å²) in [5, 5.41) is 12.1. The van der Waals surface area contributed by atoms with Crippen molar-refractivity contribution in [2.75, 3.05) is 12.8 Å². The summed E-state index contributed by atoms with van der Waals surface area (Å²) in [5.74, 6) is -1.07. The molecule has 0 aromatic carbocycles. The zero-order chi connectivity index (χ0) is 17.8. The van der Waals surface area contributed by atoms with Gasteiger partial charge in [0.2, 0.25) is 10.0 Å². The second-order valence-electron chi connectivity index (χ2n) is 6.19. The topological polar surface area (TPSA) is 126 Å². The molecule has 0 aliphatic heterocycles. The average molecular weight is 358 g/mol. The van der Waals surface area contributed by atoms with Crippen molar-refractivity contribution >= 4 is 21.9 Å². The van der Waals surface area contributed by atoms with Gasteiger partial charge in [0, 0.05) is 6.54 Å². The van der Waals surface area contributed by atoms with E-state index in [-0.39, 0.29) is 18.8 Å². The number of carbonyl (C=O) groups is 2. The number of hydrogen-bond donors (Lipinski definition) is 3. The first-order chi connectivity index (χ1) is 11.2. The number of amides is 1. The third-order valence-corrected chi connectivity index (χ3v) is 4.91. The normalized spacial score (nSPS) is 17.4. The number of sulfonamides is 1. The molecule has 24 heavy (non-hydrogen) atoms. The van der Waals surface area contributed by atoms with Gasteiger partial charge in [0.25, 0.3) is 5.91 Å². The molecule has 0 bridgehead atoms. The van der Waals surface area contributed by atoms with Crippen LogP contribution in [0.3, 0.4) is 0 Å². The van der Waals surface area contributed by atoms with Gasteiger partial charge in [-0.3, -0.25) is 9.59 Å². The lowest BCUT2D eigenvalue weighted by atomic mass is 9.74. The molecule has 9 heteroatoms. The third kappa shape index (κ3) is 4.81. The Hall–Kier alpha value is -1.87. The zero-order valence-corrected chi connectivity index (χ0v) is 14.3. The van der Waals surface area contributed by atoms with Crippen LogP contribution in [0.4, 0.5) is 0 Å². The molecular weight excluding hydrogens is 336 g/mol. The highest BCUT2D eigenvalue weighted by Gasteiger charge is 2.39. The number of hydrogen-bond acceptors (Lipinski definition) is 5. The molecule has 3 N–H and O–H groups in total. The first kappa shape index (κ1) is 18.5. The van der Waals surface area contributed by atoms with E-state index in [1.807, 2.05) is 0 Å². The van der Waals surface area contributed by atoms with E-state index in [0.29, 0.717) is 18.6 Å². The van der Waals surface area contributed by atoms with Gasteiger partial charge >= 0.3 is 5.97 Å². The maximum atomic E-state index is 12.1. The van der Waals surface area contributed by atoms with Crippen LogP contribution in [0.15, 0.2) is 16.5 Å². The molecule has 1 aromatic rings. The molecule has 1 saturated carbocycles. The highest BCUT2D eigenvalue weighted by Crippen LogP contribution is 2.36. The van der Waals surface area contributed by atoms with Crippen LogP contribution in [0.25, 0.3) is 0 Å². The summed E-state index contributed by atoms with van der Waals surface area (Å²) in [6.45, 7) is 0.00393. The lowest BCUT2D eigenvalue weighted by Crippen LogP contribution is -2.44. The average Bonchev–Trinajstić information content (AvgIpc) is 3.00. The van der Waals surface area contributed by atoms with Crippen LogP contribution in [0.2, 0.25) is 0 Å². The fourth-order valence-electron chi connectivity index (χ4n) is 2.83. The number of rotatable bonds is 7. The van der Waals surface area contributed by atoms with Crippen LogP contribution >= 0.6 is 0 Å². The lowest BCUT2D eigenvalue weighted by Gasteiger charge is -2.33. The van der Waals surface area contributed by atoms with E-state index in [1.54, 1.807) is 0 Å². The van der Waals surface area contributed by atoms with E-state index in [9.17, 15) is 23.1 Å². The molecule has 1 heterocycles. The van der Waals surface area contributed by atoms with Gasteiger partial charge < -0.3 is 14.8 Å². The van der Waals surface area contributed by atoms with Crippen LogP contribution in [0.1, 0.15) is 48.4 Å². The Morgan fingerprint density at radius 1 is 1.25 bits per heavy atom. The van der Waals surface area contributed by atoms with Gasteiger partial charge in [-0.15, -0.1) is 0 Å². The first-order valence-electron chi connectivity index (χ1n) is 7.77. The van der Waals surface area contributed by atoms with Gasteiger partial charge in [-0.25, -0.2) is 13.1 Å². The first-order valence-corrected chi connectivity index (χ1v) is 9.66. The lowest BCUT2D eigenvalue weighted by molar-refractivity contribution is -0.150. The van der Waals surface area contributed by atoms with Crippen molar-refractivity contribution in [3.05, 3.63) is 23.7 Å². The van der Waals surface area contributed by atoms with E-state index in [1.165, 1.54) is 12.1 Å². The Kier molecular flexibility index (Phi) is 5.66. The molecular formula is C15H22N2O6S. The summed E-state index contributed by atoms with van der Waals surface area (Å²) in [4.78, 5) is 23.7. The molecule has 1 amide bonds. The number of carbonyl (C=O) groups excluding carboxylic acids is 1. The van der Waals surface area contributed by atoms with Gasteiger partial charge in [-0.05, 0) is 25.0 Å². The zero-order valence-electron chi connectivity index (χ0n) is 13.5. The van der Waals surface area contributed by atoms with Crippen LogP contribution in [0, 0.1) is 5.41 Å². The van der Waals surface area contributed by atoms with Gasteiger partial charge in [-0.1, -0.05) is 19.3 Å². The van der Waals surface area contributed by atoms with Crippen LogP contribution in [-0.4, -0.2) is 38.2 Å². The molecule has 8 nitrogen and oxygen atoms in total. The highest BCUT2D eigenvalue weighted by molar-refractivity contribution is 7.88. The fourth-order valence-corrected chi connectivity index (χ4v) is 3.23. The van der Waals surface area contributed by atoms with Crippen molar-refractivity contribution in [2.45, 2.75) is 38.6 Å². The van der Waals surface area contributed by atoms with Crippen molar-refractivity contribution in [1.82, 2.24) is 10.0 Å². The van der Waals surface area contributed by atoms with Crippen molar-refractivity contribution in [2.24, 2.45) is 5.41 Å². The number of carboxylic acids is 1. The van der Waals surface area contributed by atoms with E-state index in [2.05, 4.69) is 10.0 Å². The predicted octanol–water partition coefficient (Wildman–Crippen LogP) is 1.09. The van der Waals surface area contributed by atoms with Gasteiger partial charge in [-0.2, -0.15) is 0 Å². The second-order valence-corrected chi connectivity index (χ2v) is 8.02. The van der Waals surface area contributed by atoms with E-state index >= 15 is 0 Å². The molecule has 134 valence electrons. The standard InChI is InChI=1S/C15H22N2O6S/c1-24(21,22)17-9-11-5-6-12(23-11)13(18)16-10-15(14(19)20)7-3-2-4-8-15/h5-6,17H,2-4,7-10H2,1H3,(H,16,18)(H,19,20). The van der Waals surface area contributed by atoms with E-state index < -0.39 is 27.3 Å². The quantitative estimate of drug-likeness (QED) is 0.670. The van der Waals surface area contributed by atoms with Crippen molar-refractivity contribution in [1.29, 1.82) is 0 Å². The number of aliphatic carboxylic acids is 1. The largest absolute Gasteiger partial charge is 0.481 e. The molecule has 1 fully saturated rings. The Labute approximate surface area is 140 Å². The summed E-state index contributed by atoms with van der Waals surface area (Å²) in [7, 11) is -3.35. The minimum Gasteiger partial charge on any atom is -0.481 e. The van der Waals surface area contributed by atoms with Gasteiger partial charge in [0.05, 0.1) is 18.2 Å². The maximum Gasteiger partial charge on any atom is 0.311 e. The van der Waals surface area contributed by atoms with Crippen molar-refractivity contribution in [3.63, 3.8) is 0 Å². The summed E-state index contributed by atoms with van der Waals surface area (Å²) in [6.07, 6.45) is 4.81. The maximum absolute atomic E-state index is 12.1. The summed E-state index contributed by atoms with van der Waals surface area (Å²) < 4.78 is 29.6. The number of furan rings is 1. The van der Waals surface area contributed by atoms with Crippen LogP contribution < -0.4 is 10.0 Å². The second kappa shape index (κ2) is 7.35. The summed E-state index contributed by atoms with van der Waals surface area (Å²) in [6, 6.07) is 2.93. The number of nitrogens with one attached hydrogen (secondary N) is 2. The fraction of sp³-hybridized carbons (Fsp3) is 0.600. The van der Waals surface area contributed by atoms with Crippen LogP contribution in [-0.2, 0) is 21.4 Å². The van der Waals surface area contributed by atoms with Crippen molar-refractivity contribution in [3.8, 4) is 0 Å². The highest BCUT2D eigenvalue weighted by atomic mass is 32.2. The van der Waals surface area contributed by atoms with E-state index in [0.717, 1.165) is 25.5 Å². The number of carboxylic acid groups (broad SMARTS) is 1. The molecule has 0 saturated heterocycles. The van der Waals surface area contributed by atoms with E-state index in [4.69, 9.17) is 4.42 Å². The SMILES string of the molecule is CS(=O)(=O)NCc1ccc(C(=O)NCC2(C(=O)O)CCCCC2)o1. The molecule has 0 spiro atoms. The Morgan fingerprint density at radius 3 is 2.50 bits per heavy atom. The smallest absolute Gasteiger partial charge is 0.311 e. The molecule has 0 atom stereocenters. The molecule has 0 radical (unpaired) electrons. The summed E-state index contributed by atoms with van der Waals surface area (Å²) >= 11 is 0. The third-order valence-electron chi connectivity index (χ3n) is 4.25. The minimum atomic E-state index is -3.35. The molecule has 1 aliphatic rings. The predicted molar refractivity (Wildman–Crippen MR) is 85.9 cm³/mol. The monoisotopic (exact) mass is 358 g/mol. The van der Waals surface area contributed by atoms with Crippen molar-refractivity contribution < 1.29 is 27.5 Å². The molecule has 1 aromatic heterocycles. The van der Waals surface area contributed by atoms with Crippen LogP contribution in [0.5, 0.6) is 0 Å². The molecule has 0 unspecified atom stereocenters.